The number of likely N-dealkylation sites (tertiary alicyclic amines) is 2. The molecule has 2 saturated heterocycles. The minimum absolute atomic E-state index is 0.522. The van der Waals surface area contributed by atoms with Crippen LogP contribution in [0.25, 0.3) is 0 Å². The zero-order valence-corrected chi connectivity index (χ0v) is 22.1. The van der Waals surface area contributed by atoms with Gasteiger partial charge in [0, 0.05) is 44.0 Å². The molecule has 0 aromatic carbocycles. The van der Waals surface area contributed by atoms with E-state index in [0.29, 0.717) is 5.41 Å². The predicted octanol–water partition coefficient (Wildman–Crippen LogP) is 4.59. The number of carbonyl (C=O) groups is 3. The van der Waals surface area contributed by atoms with Crippen LogP contribution in [0.15, 0.2) is 41.1 Å². The van der Waals surface area contributed by atoms with Gasteiger partial charge >= 0.3 is 36.4 Å². The first-order chi connectivity index (χ1) is 19.5. The standard InChI is InChI=1S/C18H23N3O.3C2HF3O2/c1-15-2-3-17(22-15)11-21-13-18(14-21)6-9-20(12-18)10-16-4-7-19-8-5-16;3*3-2(4,5)1(6)7/h2-5,7-8H,6,9-14H2,1H3;3*(H,6,7). The fraction of sp³-hybridized carbons (Fsp3) is 0.500. The van der Waals surface area contributed by atoms with E-state index in [2.05, 4.69) is 39.0 Å². The van der Waals surface area contributed by atoms with Gasteiger partial charge < -0.3 is 19.7 Å². The first-order valence-corrected chi connectivity index (χ1v) is 11.8. The molecule has 4 rings (SSSR count). The van der Waals surface area contributed by atoms with Gasteiger partial charge in [0.2, 0.25) is 0 Å². The molecular weight excluding hydrogens is 613 g/mol. The molecular formula is C24H26F9N3O7. The van der Waals surface area contributed by atoms with Crippen LogP contribution in [0.3, 0.4) is 0 Å². The van der Waals surface area contributed by atoms with Crippen molar-refractivity contribution in [3.8, 4) is 0 Å². The van der Waals surface area contributed by atoms with Gasteiger partial charge in [-0.2, -0.15) is 39.5 Å². The Morgan fingerprint density at radius 3 is 1.56 bits per heavy atom. The maximum absolute atomic E-state index is 10.6. The fourth-order valence-electron chi connectivity index (χ4n) is 3.97. The quantitative estimate of drug-likeness (QED) is 0.407. The Morgan fingerprint density at radius 1 is 0.767 bits per heavy atom. The summed E-state index contributed by atoms with van der Waals surface area (Å²) in [6.45, 7) is 8.88. The molecule has 2 aromatic heterocycles. The van der Waals surface area contributed by atoms with Gasteiger partial charge in [-0.25, -0.2) is 14.4 Å². The van der Waals surface area contributed by atoms with Gasteiger partial charge in [-0.05, 0) is 49.7 Å². The third kappa shape index (κ3) is 13.8. The van der Waals surface area contributed by atoms with Crippen LogP contribution in [0.1, 0.15) is 23.5 Å². The molecule has 2 aliphatic rings. The summed E-state index contributed by atoms with van der Waals surface area (Å²) in [5.74, 6) is -6.17. The van der Waals surface area contributed by atoms with Crippen LogP contribution >= 0.6 is 0 Å². The Hall–Kier alpha value is -3.87. The van der Waals surface area contributed by atoms with Crippen molar-refractivity contribution < 1.29 is 73.6 Å². The van der Waals surface area contributed by atoms with Crippen molar-refractivity contribution in [2.75, 3.05) is 26.2 Å². The second-order valence-corrected chi connectivity index (χ2v) is 9.38. The number of aromatic nitrogens is 1. The molecule has 0 aliphatic carbocycles. The normalized spacial score (nSPS) is 16.4. The van der Waals surface area contributed by atoms with Gasteiger partial charge in [0.25, 0.3) is 0 Å². The number of carboxylic acids is 3. The van der Waals surface area contributed by atoms with Crippen molar-refractivity contribution in [3.05, 3.63) is 53.7 Å². The van der Waals surface area contributed by atoms with Crippen LogP contribution in [0.4, 0.5) is 39.5 Å². The van der Waals surface area contributed by atoms with Crippen molar-refractivity contribution in [1.29, 1.82) is 0 Å². The number of alkyl halides is 9. The van der Waals surface area contributed by atoms with E-state index < -0.39 is 36.4 Å². The number of furan rings is 1. The molecule has 10 nitrogen and oxygen atoms in total. The lowest BCUT2D eigenvalue weighted by Crippen LogP contribution is -2.56. The van der Waals surface area contributed by atoms with E-state index in [-0.39, 0.29) is 0 Å². The fourth-order valence-corrected chi connectivity index (χ4v) is 3.97. The average Bonchev–Trinajstić information content (AvgIpc) is 3.45. The summed E-state index contributed by atoms with van der Waals surface area (Å²) in [5, 5.41) is 21.4. The van der Waals surface area contributed by atoms with Gasteiger partial charge in [-0.1, -0.05) is 0 Å². The third-order valence-corrected chi connectivity index (χ3v) is 5.69. The summed E-state index contributed by atoms with van der Waals surface area (Å²) < 4.78 is 101. The maximum Gasteiger partial charge on any atom is 0.490 e. The number of aryl methyl sites for hydroxylation is 1. The zero-order chi connectivity index (χ0) is 33.2. The van der Waals surface area contributed by atoms with E-state index in [4.69, 9.17) is 34.1 Å². The highest BCUT2D eigenvalue weighted by Crippen LogP contribution is 2.40. The first kappa shape index (κ1) is 37.2. The summed E-state index contributed by atoms with van der Waals surface area (Å²) in [6, 6.07) is 8.40. The second-order valence-electron chi connectivity index (χ2n) is 9.38. The van der Waals surface area contributed by atoms with E-state index >= 15 is 0 Å². The Balaban J connectivity index is 0.000000363. The summed E-state index contributed by atoms with van der Waals surface area (Å²) in [4.78, 5) is 35.9. The lowest BCUT2D eigenvalue weighted by atomic mass is 9.79. The van der Waals surface area contributed by atoms with Crippen LogP contribution in [-0.4, -0.2) is 92.7 Å². The Kier molecular flexibility index (Phi) is 13.0. The van der Waals surface area contributed by atoms with Crippen LogP contribution in [-0.2, 0) is 27.5 Å². The van der Waals surface area contributed by atoms with Gasteiger partial charge in [0.05, 0.1) is 6.54 Å². The molecule has 2 aromatic rings. The summed E-state index contributed by atoms with van der Waals surface area (Å²) in [5.41, 5.74) is 1.89. The number of nitrogens with zero attached hydrogens (tertiary/aromatic N) is 3. The van der Waals surface area contributed by atoms with Crippen LogP contribution < -0.4 is 0 Å². The Labute approximate surface area is 237 Å². The van der Waals surface area contributed by atoms with Crippen LogP contribution in [0, 0.1) is 12.3 Å². The van der Waals surface area contributed by atoms with Crippen molar-refractivity contribution in [1.82, 2.24) is 14.8 Å². The van der Waals surface area contributed by atoms with Gasteiger partial charge in [-0.3, -0.25) is 14.8 Å². The molecule has 0 unspecified atom stereocenters. The number of aliphatic carboxylic acids is 3. The molecule has 0 radical (unpaired) electrons. The summed E-state index contributed by atoms with van der Waals surface area (Å²) in [6.07, 6.45) is -10.2. The minimum atomic E-state index is -5.08. The molecule has 0 amide bonds. The highest BCUT2D eigenvalue weighted by Gasteiger charge is 2.47. The molecule has 2 fully saturated rings. The molecule has 0 atom stereocenters. The third-order valence-electron chi connectivity index (χ3n) is 5.69. The van der Waals surface area contributed by atoms with Gasteiger partial charge in [0.1, 0.15) is 11.5 Å². The molecule has 2 aliphatic heterocycles. The van der Waals surface area contributed by atoms with E-state index in [1.165, 1.54) is 38.2 Å². The molecule has 3 N–H and O–H groups in total. The predicted molar refractivity (Wildman–Crippen MR) is 126 cm³/mol. The molecule has 4 heterocycles. The molecule has 43 heavy (non-hydrogen) atoms. The summed E-state index contributed by atoms with van der Waals surface area (Å²) >= 11 is 0. The first-order valence-electron chi connectivity index (χ1n) is 11.8. The number of hydrogen-bond acceptors (Lipinski definition) is 7. The lowest BCUT2D eigenvalue weighted by molar-refractivity contribution is -0.193. The summed E-state index contributed by atoms with van der Waals surface area (Å²) in [7, 11) is 0. The molecule has 1 spiro atoms. The average molecular weight is 639 g/mol. The number of hydrogen-bond donors (Lipinski definition) is 3. The van der Waals surface area contributed by atoms with E-state index in [1.54, 1.807) is 0 Å². The SMILES string of the molecule is Cc1ccc(CN2CC3(CCN(Cc4ccncc4)C3)C2)o1.O=C(O)C(F)(F)F.O=C(O)C(F)(F)F.O=C(O)C(F)(F)F. The van der Waals surface area contributed by atoms with Crippen LogP contribution in [0.2, 0.25) is 0 Å². The monoisotopic (exact) mass is 639 g/mol. The van der Waals surface area contributed by atoms with Gasteiger partial charge in [-0.15, -0.1) is 0 Å². The molecule has 19 heteroatoms. The van der Waals surface area contributed by atoms with Gasteiger partial charge in [0.15, 0.2) is 0 Å². The smallest absolute Gasteiger partial charge is 0.475 e. The van der Waals surface area contributed by atoms with E-state index in [9.17, 15) is 39.5 Å². The Bertz CT molecular complexity index is 1140. The Morgan fingerprint density at radius 2 is 1.19 bits per heavy atom. The number of rotatable bonds is 4. The van der Waals surface area contributed by atoms with Crippen molar-refractivity contribution in [2.24, 2.45) is 5.41 Å². The number of pyridine rings is 1. The highest BCUT2D eigenvalue weighted by atomic mass is 19.4. The largest absolute Gasteiger partial charge is 0.490 e. The molecule has 0 bridgehead atoms. The zero-order valence-electron chi connectivity index (χ0n) is 22.1. The molecule has 242 valence electrons. The number of carboxylic acid groups (broad SMARTS) is 3. The van der Waals surface area contributed by atoms with Crippen molar-refractivity contribution in [3.63, 3.8) is 0 Å². The minimum Gasteiger partial charge on any atom is -0.475 e. The van der Waals surface area contributed by atoms with Crippen molar-refractivity contribution in [2.45, 2.75) is 45.0 Å². The van der Waals surface area contributed by atoms with Crippen molar-refractivity contribution >= 4 is 17.9 Å². The van der Waals surface area contributed by atoms with E-state index in [0.717, 1.165) is 24.6 Å². The van der Waals surface area contributed by atoms with Crippen LogP contribution in [0.5, 0.6) is 0 Å². The second kappa shape index (κ2) is 15.0. The maximum atomic E-state index is 10.6. The lowest BCUT2D eigenvalue weighted by Gasteiger charge is -2.48. The number of halogens is 9. The highest BCUT2D eigenvalue weighted by molar-refractivity contribution is 5.73. The molecule has 0 saturated carbocycles. The topological polar surface area (TPSA) is 144 Å². The van der Waals surface area contributed by atoms with E-state index in [1.807, 2.05) is 19.3 Å².